The molecule has 110 valence electrons. The van der Waals surface area contributed by atoms with Gasteiger partial charge in [0, 0.05) is 0 Å². The van der Waals surface area contributed by atoms with Crippen LogP contribution in [-0.2, 0) is 16.0 Å². The average Bonchev–Trinajstić information content (AvgIpc) is 2.34. The zero-order chi connectivity index (χ0) is 15.5. The Morgan fingerprint density at radius 2 is 1.95 bits per heavy atom. The highest BCUT2D eigenvalue weighted by atomic mass is 16.6. The molecule has 0 saturated carbocycles. The van der Waals surface area contributed by atoms with Crippen LogP contribution in [-0.4, -0.2) is 22.6 Å². The third-order valence-corrected chi connectivity index (χ3v) is 2.77. The van der Waals surface area contributed by atoms with E-state index >= 15 is 0 Å². The number of nitrogens with two attached hydrogens (primary N) is 1. The van der Waals surface area contributed by atoms with Crippen LogP contribution in [0.1, 0.15) is 55.2 Å². The highest BCUT2D eigenvalue weighted by Crippen LogP contribution is 2.22. The van der Waals surface area contributed by atoms with Gasteiger partial charge >= 0.3 is 11.9 Å². The predicted molar refractivity (Wildman–Crippen MR) is 75.6 cm³/mol. The Hall–Kier alpha value is -1.88. The third-order valence-electron chi connectivity index (χ3n) is 2.77. The van der Waals surface area contributed by atoms with E-state index in [2.05, 4.69) is 0 Å². The van der Waals surface area contributed by atoms with Gasteiger partial charge in [-0.3, -0.25) is 0 Å². The van der Waals surface area contributed by atoms with Gasteiger partial charge in [-0.15, -0.1) is 0 Å². The molecule has 0 aliphatic carbocycles. The number of benzene rings is 1. The zero-order valence-electron chi connectivity index (χ0n) is 12.3. The number of hydrogen-bond acceptors (Lipinski definition) is 4. The van der Waals surface area contributed by atoms with E-state index in [9.17, 15) is 9.59 Å². The summed E-state index contributed by atoms with van der Waals surface area (Å²) in [4.78, 5) is 22.9. The first-order chi connectivity index (χ1) is 9.15. The fraction of sp³-hybridized carbons (Fsp3) is 0.467. The quantitative estimate of drug-likeness (QED) is 0.825. The Morgan fingerprint density at radius 1 is 1.35 bits per heavy atom. The van der Waals surface area contributed by atoms with Crippen LogP contribution in [0.3, 0.4) is 0 Å². The summed E-state index contributed by atoms with van der Waals surface area (Å²) < 4.78 is 5.25. The number of aryl methyl sites for hydroxylation is 1. The molecule has 20 heavy (non-hydrogen) atoms. The average molecular weight is 279 g/mol. The maximum atomic E-state index is 12.0. The van der Waals surface area contributed by atoms with E-state index in [1.54, 1.807) is 32.9 Å². The first-order valence-corrected chi connectivity index (χ1v) is 6.50. The van der Waals surface area contributed by atoms with Crippen molar-refractivity contribution in [3.8, 4) is 0 Å². The normalized spacial score (nSPS) is 12.8. The van der Waals surface area contributed by atoms with Crippen LogP contribution in [0.25, 0.3) is 0 Å². The van der Waals surface area contributed by atoms with Crippen molar-refractivity contribution in [2.45, 2.75) is 45.8 Å². The molecule has 5 nitrogen and oxygen atoms in total. The summed E-state index contributed by atoms with van der Waals surface area (Å²) in [7, 11) is 0. The maximum Gasteiger partial charge on any atom is 0.335 e. The molecule has 1 aromatic rings. The van der Waals surface area contributed by atoms with E-state index in [4.69, 9.17) is 15.6 Å². The molecule has 5 heteroatoms. The van der Waals surface area contributed by atoms with Crippen molar-refractivity contribution >= 4 is 11.9 Å². The number of esters is 1. The molecule has 0 heterocycles. The van der Waals surface area contributed by atoms with E-state index in [-0.39, 0.29) is 5.56 Å². The van der Waals surface area contributed by atoms with E-state index in [0.29, 0.717) is 12.0 Å². The molecule has 0 aliphatic heterocycles. The second-order valence-electron chi connectivity index (χ2n) is 5.58. The summed E-state index contributed by atoms with van der Waals surface area (Å²) in [6.45, 7) is 7.19. The monoisotopic (exact) mass is 279 g/mol. The van der Waals surface area contributed by atoms with E-state index < -0.39 is 23.6 Å². The lowest BCUT2D eigenvalue weighted by Gasteiger charge is -2.23. The van der Waals surface area contributed by atoms with Crippen molar-refractivity contribution in [1.29, 1.82) is 0 Å². The molecular formula is C15H21NO4. The largest absolute Gasteiger partial charge is 0.478 e. The molecule has 0 radical (unpaired) electrons. The summed E-state index contributed by atoms with van der Waals surface area (Å²) in [6, 6.07) is 3.66. The van der Waals surface area contributed by atoms with Crippen molar-refractivity contribution in [3.05, 3.63) is 34.9 Å². The minimum atomic E-state index is -1.00. The number of ether oxygens (including phenoxy) is 1. The van der Waals surface area contributed by atoms with Gasteiger partial charge in [0.05, 0.1) is 5.56 Å². The molecule has 0 amide bonds. The maximum absolute atomic E-state index is 12.0. The molecule has 0 bridgehead atoms. The van der Waals surface area contributed by atoms with Crippen LogP contribution in [0.5, 0.6) is 0 Å². The molecular weight excluding hydrogens is 258 g/mol. The molecule has 0 saturated heterocycles. The molecule has 1 unspecified atom stereocenters. The van der Waals surface area contributed by atoms with Crippen LogP contribution in [0.2, 0.25) is 0 Å². The summed E-state index contributed by atoms with van der Waals surface area (Å²) in [5.74, 6) is -1.52. The molecule has 0 aromatic heterocycles. The summed E-state index contributed by atoms with van der Waals surface area (Å²) in [6.07, 6.45) is 0.590. The van der Waals surface area contributed by atoms with Crippen LogP contribution >= 0.6 is 0 Å². The van der Waals surface area contributed by atoms with Gasteiger partial charge in [0.25, 0.3) is 0 Å². The Kier molecular flexibility index (Phi) is 4.89. The van der Waals surface area contributed by atoms with Crippen molar-refractivity contribution in [2.24, 2.45) is 5.73 Å². The lowest BCUT2D eigenvalue weighted by Crippen LogP contribution is -2.32. The van der Waals surface area contributed by atoms with Crippen molar-refractivity contribution < 1.29 is 19.4 Å². The SMILES string of the molecule is CCc1cc(C(=O)O)ccc1C(N)C(=O)OC(C)(C)C. The number of aromatic carboxylic acids is 1. The molecule has 3 N–H and O–H groups in total. The topological polar surface area (TPSA) is 89.6 Å². The number of carbonyl (C=O) groups is 2. The summed E-state index contributed by atoms with van der Waals surface area (Å²) in [5.41, 5.74) is 6.84. The fourth-order valence-corrected chi connectivity index (χ4v) is 1.84. The van der Waals surface area contributed by atoms with Gasteiger partial charge in [0.15, 0.2) is 0 Å². The Morgan fingerprint density at radius 3 is 2.40 bits per heavy atom. The molecule has 1 atom stereocenters. The first kappa shape index (κ1) is 16.2. The number of carboxylic acid groups (broad SMARTS) is 1. The van der Waals surface area contributed by atoms with E-state index in [1.165, 1.54) is 6.07 Å². The van der Waals surface area contributed by atoms with Crippen molar-refractivity contribution in [3.63, 3.8) is 0 Å². The van der Waals surface area contributed by atoms with Gasteiger partial charge in [-0.25, -0.2) is 9.59 Å². The minimum absolute atomic E-state index is 0.182. The minimum Gasteiger partial charge on any atom is -0.478 e. The first-order valence-electron chi connectivity index (χ1n) is 6.50. The summed E-state index contributed by atoms with van der Waals surface area (Å²) >= 11 is 0. The van der Waals surface area contributed by atoms with Gasteiger partial charge in [-0.2, -0.15) is 0 Å². The summed E-state index contributed by atoms with van der Waals surface area (Å²) in [5, 5.41) is 8.97. The highest BCUT2D eigenvalue weighted by Gasteiger charge is 2.25. The zero-order valence-corrected chi connectivity index (χ0v) is 12.3. The number of carboxylic acids is 1. The fourth-order valence-electron chi connectivity index (χ4n) is 1.84. The standard InChI is InChI=1S/C15H21NO4/c1-5-9-8-10(13(17)18)6-7-11(9)12(16)14(19)20-15(2,3)4/h6-8,12H,5,16H2,1-4H3,(H,17,18). The van der Waals surface area contributed by atoms with Crippen LogP contribution in [0.4, 0.5) is 0 Å². The Bertz CT molecular complexity index is 517. The predicted octanol–water partition coefficient (Wildman–Crippen LogP) is 2.29. The number of carbonyl (C=O) groups excluding carboxylic acids is 1. The highest BCUT2D eigenvalue weighted by molar-refractivity contribution is 5.88. The number of rotatable bonds is 4. The van der Waals surface area contributed by atoms with Gasteiger partial charge < -0.3 is 15.6 Å². The van der Waals surface area contributed by atoms with Gasteiger partial charge in [-0.05, 0) is 50.5 Å². The van der Waals surface area contributed by atoms with Crippen LogP contribution < -0.4 is 5.73 Å². The van der Waals surface area contributed by atoms with Crippen LogP contribution in [0.15, 0.2) is 18.2 Å². The second kappa shape index (κ2) is 6.05. The third kappa shape index (κ3) is 4.06. The molecule has 0 aliphatic rings. The van der Waals surface area contributed by atoms with Gasteiger partial charge in [0.2, 0.25) is 0 Å². The van der Waals surface area contributed by atoms with Crippen molar-refractivity contribution in [1.82, 2.24) is 0 Å². The van der Waals surface area contributed by atoms with E-state index in [1.807, 2.05) is 6.92 Å². The van der Waals surface area contributed by atoms with Crippen molar-refractivity contribution in [2.75, 3.05) is 0 Å². The van der Waals surface area contributed by atoms with Crippen LogP contribution in [0, 0.1) is 0 Å². The molecule has 1 rings (SSSR count). The lowest BCUT2D eigenvalue weighted by atomic mass is 9.96. The second-order valence-corrected chi connectivity index (χ2v) is 5.58. The lowest BCUT2D eigenvalue weighted by molar-refractivity contribution is -0.156. The number of hydrogen-bond donors (Lipinski definition) is 2. The Labute approximate surface area is 118 Å². The molecule has 0 spiro atoms. The van der Waals surface area contributed by atoms with E-state index in [0.717, 1.165) is 5.56 Å². The molecule has 1 aromatic carbocycles. The van der Waals surface area contributed by atoms with Gasteiger partial charge in [0.1, 0.15) is 11.6 Å². The van der Waals surface area contributed by atoms with Gasteiger partial charge in [-0.1, -0.05) is 13.0 Å². The smallest absolute Gasteiger partial charge is 0.335 e. The Balaban J connectivity index is 3.06. The molecule has 0 fully saturated rings.